The number of benzene rings is 3. The van der Waals surface area contributed by atoms with Gasteiger partial charge in [-0.25, -0.2) is 9.37 Å². The largest absolute Gasteiger partial charge is 0.493 e. The highest BCUT2D eigenvalue weighted by Gasteiger charge is 2.24. The third kappa shape index (κ3) is 7.74. The molecular weight excluding hydrogens is 581 g/mol. The Kier molecular flexibility index (Phi) is 9.79. The van der Waals surface area contributed by atoms with Crippen molar-refractivity contribution in [1.29, 1.82) is 0 Å². The van der Waals surface area contributed by atoms with E-state index in [1.807, 2.05) is 32.0 Å². The molecule has 3 heterocycles. The average Bonchev–Trinajstić information content (AvgIpc) is 2.99. The number of ether oxygens (including phenoxy) is 1. The Morgan fingerprint density at radius 3 is 2.43 bits per heavy atom. The number of halogens is 1. The van der Waals surface area contributed by atoms with Crippen LogP contribution in [-0.2, 0) is 37.1 Å². The van der Waals surface area contributed by atoms with Crippen molar-refractivity contribution < 1.29 is 24.1 Å². The van der Waals surface area contributed by atoms with E-state index in [0.717, 1.165) is 71.5 Å². The van der Waals surface area contributed by atoms with Crippen LogP contribution in [0.15, 0.2) is 54.6 Å². The van der Waals surface area contributed by atoms with Crippen LogP contribution in [0.1, 0.15) is 66.3 Å². The van der Waals surface area contributed by atoms with Crippen LogP contribution >= 0.6 is 0 Å². The summed E-state index contributed by atoms with van der Waals surface area (Å²) < 4.78 is 19.9. The van der Waals surface area contributed by atoms with Gasteiger partial charge in [0.2, 0.25) is 0 Å². The van der Waals surface area contributed by atoms with E-state index in [9.17, 15) is 14.3 Å². The summed E-state index contributed by atoms with van der Waals surface area (Å²) in [6.07, 6.45) is 2.57. The summed E-state index contributed by atoms with van der Waals surface area (Å²) in [5.74, 6) is 0.192. The number of pyridine rings is 1. The number of nitrogens with zero attached hydrogens (tertiary/aromatic N) is 2. The third-order valence-corrected chi connectivity index (χ3v) is 8.42. The van der Waals surface area contributed by atoms with Crippen molar-refractivity contribution in [3.63, 3.8) is 0 Å². The molecule has 4 N–H and O–H groups in total. The van der Waals surface area contributed by atoms with E-state index in [-0.39, 0.29) is 12.2 Å². The first-order chi connectivity index (χ1) is 21.8. The fraction of sp³-hybridized carbons (Fsp3) is 0.368. The number of nitrogens with two attached hydrogens (primary N) is 1. The Morgan fingerprint density at radius 2 is 1.70 bits per heavy atom. The van der Waals surface area contributed by atoms with Gasteiger partial charge in [0.25, 0.3) is 0 Å². The van der Waals surface area contributed by atoms with Gasteiger partial charge in [-0.15, -0.1) is 0 Å². The van der Waals surface area contributed by atoms with Crippen molar-refractivity contribution in [3.8, 4) is 28.0 Å². The number of fused-ring (bicyclic) bond motifs is 2. The number of rotatable bonds is 6. The molecule has 0 radical (unpaired) electrons. The zero-order valence-corrected chi connectivity index (χ0v) is 27.4. The molecular formula is C38H44FN3O4. The lowest BCUT2D eigenvalue weighted by Crippen LogP contribution is -2.30. The molecule has 0 fully saturated rings. The highest BCUT2D eigenvalue weighted by atomic mass is 19.1. The van der Waals surface area contributed by atoms with Gasteiger partial charge in [-0.2, -0.15) is 0 Å². The van der Waals surface area contributed by atoms with Crippen molar-refractivity contribution in [2.45, 2.75) is 79.0 Å². The van der Waals surface area contributed by atoms with Gasteiger partial charge in [0, 0.05) is 30.9 Å². The number of carbonyl (C=O) groups is 1. The van der Waals surface area contributed by atoms with Gasteiger partial charge in [-0.3, -0.25) is 9.69 Å². The van der Waals surface area contributed by atoms with E-state index < -0.39 is 11.6 Å². The van der Waals surface area contributed by atoms with Crippen LogP contribution in [0.2, 0.25) is 0 Å². The van der Waals surface area contributed by atoms with Crippen LogP contribution < -0.4 is 10.5 Å². The maximum Gasteiger partial charge on any atom is 0.307 e. The molecule has 0 saturated heterocycles. The second kappa shape index (κ2) is 13.6. The minimum atomic E-state index is -0.910. The average molecular weight is 626 g/mol. The van der Waals surface area contributed by atoms with Gasteiger partial charge in [0.1, 0.15) is 17.4 Å². The molecule has 7 nitrogen and oxygen atoms in total. The van der Waals surface area contributed by atoms with Crippen molar-refractivity contribution >= 4 is 11.8 Å². The van der Waals surface area contributed by atoms with Crippen LogP contribution in [0.25, 0.3) is 22.3 Å². The summed E-state index contributed by atoms with van der Waals surface area (Å²) in [5.41, 5.74) is 16.2. The molecule has 0 atom stereocenters. The van der Waals surface area contributed by atoms with Crippen molar-refractivity contribution in [2.75, 3.05) is 18.9 Å². The zero-order chi connectivity index (χ0) is 33.2. The number of carboxylic acid groups (broad SMARTS) is 1. The quantitative estimate of drug-likeness (QED) is 0.211. The lowest BCUT2D eigenvalue weighted by molar-refractivity contribution is -0.136. The Morgan fingerprint density at radius 1 is 1.00 bits per heavy atom. The van der Waals surface area contributed by atoms with Crippen LogP contribution in [0.5, 0.6) is 5.75 Å². The summed E-state index contributed by atoms with van der Waals surface area (Å²) in [7, 11) is 0. The van der Waals surface area contributed by atoms with Gasteiger partial charge in [-0.05, 0) is 122 Å². The fourth-order valence-electron chi connectivity index (χ4n) is 6.22. The number of hydrogen-bond acceptors (Lipinski definition) is 6. The predicted octanol–water partition coefficient (Wildman–Crippen LogP) is 7.04. The molecule has 46 heavy (non-hydrogen) atoms. The molecule has 0 spiro atoms. The predicted molar refractivity (Wildman–Crippen MR) is 180 cm³/mol. The van der Waals surface area contributed by atoms with Crippen molar-refractivity contribution in [2.24, 2.45) is 0 Å². The monoisotopic (exact) mass is 625 g/mol. The SMILES string of the molecule is CC(C)(C)O.Cc1nc(N)c(-c2ccc3c(c2)CCN(Cc2cccc(F)c2C)C3)c(-c2ccc3c(c2)CCCO3)c1CC(=O)O. The molecule has 4 aromatic rings. The van der Waals surface area contributed by atoms with Crippen molar-refractivity contribution in [1.82, 2.24) is 9.88 Å². The first-order valence-electron chi connectivity index (χ1n) is 15.9. The van der Waals surface area contributed by atoms with Gasteiger partial charge in [-0.1, -0.05) is 36.4 Å². The van der Waals surface area contributed by atoms with E-state index in [0.29, 0.717) is 35.8 Å². The minimum Gasteiger partial charge on any atom is -0.493 e. The summed E-state index contributed by atoms with van der Waals surface area (Å²) in [6, 6.07) is 17.7. The molecule has 0 saturated carbocycles. The zero-order valence-electron chi connectivity index (χ0n) is 27.4. The number of aliphatic hydroxyl groups is 1. The summed E-state index contributed by atoms with van der Waals surface area (Å²) in [5, 5.41) is 18.3. The number of carboxylic acids is 1. The smallest absolute Gasteiger partial charge is 0.307 e. The van der Waals surface area contributed by atoms with E-state index in [4.69, 9.17) is 15.6 Å². The van der Waals surface area contributed by atoms with Gasteiger partial charge in [0.05, 0.1) is 18.6 Å². The number of aryl methyl sites for hydroxylation is 2. The van der Waals surface area contributed by atoms with Crippen molar-refractivity contribution in [3.05, 3.63) is 99.5 Å². The van der Waals surface area contributed by atoms with E-state index >= 15 is 0 Å². The maximum absolute atomic E-state index is 14.1. The molecule has 2 aliphatic heterocycles. The molecule has 0 bridgehead atoms. The first-order valence-corrected chi connectivity index (χ1v) is 15.9. The molecule has 0 aliphatic carbocycles. The normalized spacial score (nSPS) is 14.4. The first kappa shape index (κ1) is 33.1. The maximum atomic E-state index is 14.1. The second-order valence-electron chi connectivity index (χ2n) is 13.3. The molecule has 2 aliphatic rings. The Balaban J connectivity index is 0.000000775. The molecule has 1 aromatic heterocycles. The second-order valence-corrected chi connectivity index (χ2v) is 13.3. The van der Waals surface area contributed by atoms with E-state index in [2.05, 4.69) is 34.1 Å². The van der Waals surface area contributed by atoms with Crippen LogP contribution in [-0.4, -0.2) is 44.8 Å². The van der Waals surface area contributed by atoms with Gasteiger partial charge < -0.3 is 20.7 Å². The summed E-state index contributed by atoms with van der Waals surface area (Å²) in [6.45, 7) is 11.9. The highest BCUT2D eigenvalue weighted by Crippen LogP contribution is 2.42. The molecule has 242 valence electrons. The molecule has 8 heteroatoms. The Bertz CT molecular complexity index is 1760. The van der Waals surface area contributed by atoms with Gasteiger partial charge in [0.15, 0.2) is 0 Å². The number of aliphatic carboxylic acids is 1. The molecule has 6 rings (SSSR count). The van der Waals surface area contributed by atoms with Crippen LogP contribution in [0.3, 0.4) is 0 Å². The van der Waals surface area contributed by atoms with E-state index in [1.165, 1.54) is 17.2 Å². The minimum absolute atomic E-state index is 0.144. The summed E-state index contributed by atoms with van der Waals surface area (Å²) >= 11 is 0. The van der Waals surface area contributed by atoms with Gasteiger partial charge >= 0.3 is 5.97 Å². The van der Waals surface area contributed by atoms with Crippen LogP contribution in [0, 0.1) is 19.7 Å². The molecule has 0 unspecified atom stereocenters. The number of nitrogen functional groups attached to an aromatic ring is 1. The number of hydrogen-bond donors (Lipinski definition) is 3. The molecule has 0 amide bonds. The standard InChI is InChI=1S/C34H34FN3O3.C4H10O/c1-20-26(5-3-7-29(20)35)18-38-13-12-22-15-25(8-9-27(22)19-38)33-32(28(17-31(39)40)21(2)37-34(33)36)24-10-11-30-23(16-24)6-4-14-41-30;1-4(2,3)5/h3,5,7-11,15-16H,4,6,12-14,17-19H2,1-2H3,(H2,36,37)(H,39,40);5H,1-3H3. The highest BCUT2D eigenvalue weighted by molar-refractivity contribution is 5.94. The Labute approximate surface area is 270 Å². The lowest BCUT2D eigenvalue weighted by Gasteiger charge is -2.30. The molecule has 3 aromatic carbocycles. The Hall–Kier alpha value is -4.27. The number of anilines is 1. The third-order valence-electron chi connectivity index (χ3n) is 8.42. The number of aromatic nitrogens is 1. The van der Waals surface area contributed by atoms with Crippen LogP contribution in [0.4, 0.5) is 10.2 Å². The topological polar surface area (TPSA) is 109 Å². The fourth-order valence-corrected chi connectivity index (χ4v) is 6.22. The summed E-state index contributed by atoms with van der Waals surface area (Å²) in [4.78, 5) is 18.9. The van der Waals surface area contributed by atoms with E-state index in [1.54, 1.807) is 26.8 Å². The lowest BCUT2D eigenvalue weighted by atomic mass is 9.86.